The standard InChI is InChI=1S/C31H38ClN5O4/c1-18-11-25-22(13-27(18)37-10-9-21(16-37)36(7)30(38)41-31(3,4)5)24(32)14-26(33-25)23-12-20-15-35(6)34-28(20)19(2)29(23)40-17-39-8/h11-15,21H,9-10,16-17H2,1-8H3/t21-/m1/s1. The zero-order valence-corrected chi connectivity index (χ0v) is 25.8. The lowest BCUT2D eigenvalue weighted by Crippen LogP contribution is -2.42. The smallest absolute Gasteiger partial charge is 0.410 e. The van der Waals surface area contributed by atoms with Crippen molar-refractivity contribution < 1.29 is 19.0 Å². The topological polar surface area (TPSA) is 82.0 Å². The number of carbonyl (C=O) groups is 1. The van der Waals surface area contributed by atoms with Gasteiger partial charge in [0.1, 0.15) is 11.4 Å². The van der Waals surface area contributed by atoms with E-state index in [2.05, 4.69) is 29.1 Å². The molecule has 1 amide bonds. The first-order valence-corrected chi connectivity index (χ1v) is 14.1. The van der Waals surface area contributed by atoms with Gasteiger partial charge in [-0.05, 0) is 70.9 Å². The summed E-state index contributed by atoms with van der Waals surface area (Å²) in [5.74, 6) is 0.673. The Morgan fingerprint density at radius 3 is 2.66 bits per heavy atom. The van der Waals surface area contributed by atoms with Gasteiger partial charge in [-0.3, -0.25) is 4.68 Å². The lowest BCUT2D eigenvalue weighted by atomic mass is 10.0. The first kappa shape index (κ1) is 29.0. The van der Waals surface area contributed by atoms with Crippen molar-refractivity contribution in [3.8, 4) is 17.0 Å². The molecule has 10 heteroatoms. The van der Waals surface area contributed by atoms with Gasteiger partial charge in [0, 0.05) is 68.1 Å². The molecule has 1 fully saturated rings. The van der Waals surface area contributed by atoms with Gasteiger partial charge in [-0.25, -0.2) is 9.78 Å². The number of nitrogens with zero attached hydrogens (tertiary/aromatic N) is 5. The van der Waals surface area contributed by atoms with Crippen LogP contribution in [-0.4, -0.2) is 71.4 Å². The van der Waals surface area contributed by atoms with Crippen LogP contribution in [0.2, 0.25) is 5.02 Å². The Bertz CT molecular complexity index is 1630. The fourth-order valence-corrected chi connectivity index (χ4v) is 5.75. The molecule has 0 N–H and O–H groups in total. The number of pyridine rings is 1. The van der Waals surface area contributed by atoms with Crippen LogP contribution in [0.25, 0.3) is 33.1 Å². The number of hydrogen-bond donors (Lipinski definition) is 0. The normalized spacial score (nSPS) is 15.6. The molecule has 5 rings (SSSR count). The van der Waals surface area contributed by atoms with Gasteiger partial charge in [0.2, 0.25) is 0 Å². The summed E-state index contributed by atoms with van der Waals surface area (Å²) in [6.07, 6.45) is 2.54. The van der Waals surface area contributed by atoms with Crippen LogP contribution in [0, 0.1) is 13.8 Å². The molecule has 0 saturated carbocycles. The van der Waals surface area contributed by atoms with E-state index in [1.54, 1.807) is 16.7 Å². The molecule has 1 aliphatic rings. The Balaban J connectivity index is 1.48. The third-order valence-corrected chi connectivity index (χ3v) is 7.82. The molecule has 1 aliphatic heterocycles. The third kappa shape index (κ3) is 5.78. The fraction of sp³-hybridized carbons (Fsp3) is 0.452. The summed E-state index contributed by atoms with van der Waals surface area (Å²) in [5, 5.41) is 7.07. The highest BCUT2D eigenvalue weighted by Crippen LogP contribution is 2.40. The van der Waals surface area contributed by atoms with Crippen LogP contribution in [0.4, 0.5) is 10.5 Å². The Kier molecular flexibility index (Phi) is 7.78. The molecule has 0 aliphatic carbocycles. The van der Waals surface area contributed by atoms with E-state index in [0.29, 0.717) is 10.8 Å². The Morgan fingerprint density at radius 2 is 1.95 bits per heavy atom. The highest BCUT2D eigenvalue weighted by molar-refractivity contribution is 6.35. The maximum Gasteiger partial charge on any atom is 0.410 e. The third-order valence-electron chi connectivity index (χ3n) is 7.50. The zero-order chi connectivity index (χ0) is 29.6. The van der Waals surface area contributed by atoms with Crippen molar-refractivity contribution in [2.24, 2.45) is 7.05 Å². The average molecular weight is 580 g/mol. The molecule has 0 spiro atoms. The Morgan fingerprint density at radius 1 is 1.20 bits per heavy atom. The van der Waals surface area contributed by atoms with Crippen LogP contribution in [-0.2, 0) is 16.5 Å². The van der Waals surface area contributed by atoms with Crippen molar-refractivity contribution >= 4 is 45.2 Å². The average Bonchev–Trinajstić information content (AvgIpc) is 3.53. The molecule has 1 atom stereocenters. The molecule has 0 bridgehead atoms. The van der Waals surface area contributed by atoms with Crippen molar-refractivity contribution in [2.45, 2.75) is 52.7 Å². The zero-order valence-electron chi connectivity index (χ0n) is 25.0. The molecular weight excluding hydrogens is 542 g/mol. The van der Waals surface area contributed by atoms with Crippen molar-refractivity contribution in [1.29, 1.82) is 0 Å². The molecule has 9 nitrogen and oxygen atoms in total. The molecule has 0 radical (unpaired) electrons. The Labute approximate surface area is 245 Å². The van der Waals surface area contributed by atoms with Gasteiger partial charge < -0.3 is 24.0 Å². The predicted octanol–water partition coefficient (Wildman–Crippen LogP) is 6.49. The second-order valence-corrected chi connectivity index (χ2v) is 12.2. The van der Waals surface area contributed by atoms with Gasteiger partial charge in [0.25, 0.3) is 0 Å². The maximum atomic E-state index is 12.6. The van der Waals surface area contributed by atoms with Crippen molar-refractivity contribution in [2.75, 3.05) is 38.9 Å². The minimum Gasteiger partial charge on any atom is -0.466 e. The molecule has 41 heavy (non-hydrogen) atoms. The van der Waals surface area contributed by atoms with Gasteiger partial charge in [0.15, 0.2) is 6.79 Å². The van der Waals surface area contributed by atoms with Crippen LogP contribution in [0.5, 0.6) is 5.75 Å². The number of carbonyl (C=O) groups excluding carboxylic acids is 1. The first-order chi connectivity index (χ1) is 19.4. The summed E-state index contributed by atoms with van der Waals surface area (Å²) in [6.45, 7) is 11.4. The number of halogens is 1. The number of rotatable bonds is 6. The van der Waals surface area contributed by atoms with Crippen molar-refractivity contribution in [1.82, 2.24) is 19.7 Å². The number of likely N-dealkylation sites (N-methyl/N-ethyl adjacent to an activating group) is 1. The van der Waals surface area contributed by atoms with Crippen molar-refractivity contribution in [3.63, 3.8) is 0 Å². The molecule has 4 aromatic rings. The van der Waals surface area contributed by atoms with E-state index in [9.17, 15) is 4.79 Å². The monoisotopic (exact) mass is 579 g/mol. The van der Waals surface area contributed by atoms with E-state index in [-0.39, 0.29) is 18.9 Å². The molecule has 2 aromatic carbocycles. The number of fused-ring (bicyclic) bond motifs is 2. The van der Waals surface area contributed by atoms with E-state index < -0.39 is 5.60 Å². The van der Waals surface area contributed by atoms with Gasteiger partial charge >= 0.3 is 6.09 Å². The Hall–Kier alpha value is -3.56. The fourth-order valence-electron chi connectivity index (χ4n) is 5.49. The maximum absolute atomic E-state index is 12.6. The van der Waals surface area contributed by atoms with Crippen LogP contribution >= 0.6 is 11.6 Å². The molecule has 218 valence electrons. The van der Waals surface area contributed by atoms with Crippen LogP contribution < -0.4 is 9.64 Å². The number of methoxy groups -OCH3 is 1. The number of benzene rings is 2. The number of hydrogen-bond acceptors (Lipinski definition) is 7. The summed E-state index contributed by atoms with van der Waals surface area (Å²) in [5.41, 5.74) is 5.79. The predicted molar refractivity (Wildman–Crippen MR) is 163 cm³/mol. The van der Waals surface area contributed by atoms with Crippen LogP contribution in [0.15, 0.2) is 30.5 Å². The van der Waals surface area contributed by atoms with E-state index in [0.717, 1.165) is 69.4 Å². The van der Waals surface area contributed by atoms with Gasteiger partial charge in [-0.1, -0.05) is 11.6 Å². The minimum absolute atomic E-state index is 0.0621. The van der Waals surface area contributed by atoms with E-state index in [1.807, 2.05) is 60.1 Å². The first-order valence-electron chi connectivity index (χ1n) is 13.8. The van der Waals surface area contributed by atoms with Crippen molar-refractivity contribution in [3.05, 3.63) is 46.6 Å². The molecule has 0 unspecified atom stereocenters. The highest BCUT2D eigenvalue weighted by Gasteiger charge is 2.32. The van der Waals surface area contributed by atoms with E-state index in [1.165, 1.54) is 0 Å². The minimum atomic E-state index is -0.528. The van der Waals surface area contributed by atoms with Gasteiger partial charge in [-0.2, -0.15) is 5.10 Å². The largest absolute Gasteiger partial charge is 0.466 e. The summed E-state index contributed by atoms with van der Waals surface area (Å²) in [4.78, 5) is 21.7. The number of aryl methyl sites for hydroxylation is 3. The summed E-state index contributed by atoms with van der Waals surface area (Å²) in [6, 6.07) is 8.18. The SMILES string of the molecule is COCOc1c(-c2cc(Cl)c3cc(N4CC[C@@H](N(C)C(=O)OC(C)(C)C)C4)c(C)cc3n2)cc2cn(C)nc2c1C. The molecular formula is C31H38ClN5O4. The second kappa shape index (κ2) is 11.0. The number of ether oxygens (including phenoxy) is 3. The number of anilines is 1. The summed E-state index contributed by atoms with van der Waals surface area (Å²) >= 11 is 6.93. The lowest BCUT2D eigenvalue weighted by Gasteiger charge is -2.29. The van der Waals surface area contributed by atoms with E-state index >= 15 is 0 Å². The quantitative estimate of drug-likeness (QED) is 0.242. The lowest BCUT2D eigenvalue weighted by molar-refractivity contribution is 0.0238. The van der Waals surface area contributed by atoms with Gasteiger partial charge in [-0.15, -0.1) is 0 Å². The molecule has 2 aromatic heterocycles. The summed E-state index contributed by atoms with van der Waals surface area (Å²) < 4.78 is 18.6. The van der Waals surface area contributed by atoms with E-state index in [4.69, 9.17) is 30.8 Å². The molecule has 1 saturated heterocycles. The van der Waals surface area contributed by atoms with Crippen LogP contribution in [0.3, 0.4) is 0 Å². The number of amides is 1. The second-order valence-electron chi connectivity index (χ2n) is 11.8. The number of aromatic nitrogens is 3. The van der Waals surface area contributed by atoms with Crippen LogP contribution in [0.1, 0.15) is 38.3 Å². The molecule has 3 heterocycles. The highest BCUT2D eigenvalue weighted by atomic mass is 35.5. The van der Waals surface area contributed by atoms with Gasteiger partial charge in [0.05, 0.1) is 27.8 Å². The summed E-state index contributed by atoms with van der Waals surface area (Å²) in [7, 11) is 5.31.